The first-order valence-corrected chi connectivity index (χ1v) is 10.7. The van der Waals surface area contributed by atoms with Gasteiger partial charge in [-0.05, 0) is 48.6 Å². The quantitative estimate of drug-likeness (QED) is 0.752. The van der Waals surface area contributed by atoms with E-state index in [2.05, 4.69) is 17.6 Å². The summed E-state index contributed by atoms with van der Waals surface area (Å²) in [5.41, 5.74) is 1.04. The van der Waals surface area contributed by atoms with Crippen molar-refractivity contribution in [2.75, 3.05) is 0 Å². The smallest absolute Gasteiger partial charge is 0.262 e. The average Bonchev–Trinajstić information content (AvgIpc) is 3.24. The largest absolute Gasteiger partial charge is 0.352 e. The number of benzene rings is 1. The summed E-state index contributed by atoms with van der Waals surface area (Å²) in [7, 11) is 0. The van der Waals surface area contributed by atoms with E-state index >= 15 is 0 Å². The molecule has 1 aliphatic carbocycles. The Morgan fingerprint density at radius 1 is 1.07 bits per heavy atom. The van der Waals surface area contributed by atoms with Crippen molar-refractivity contribution in [3.05, 3.63) is 58.3 Å². The molecule has 1 atom stereocenters. The molecule has 2 amide bonds. The van der Waals surface area contributed by atoms with Crippen LogP contribution in [0.4, 0.5) is 0 Å². The predicted octanol–water partition coefficient (Wildman–Crippen LogP) is 4.17. The van der Waals surface area contributed by atoms with E-state index in [9.17, 15) is 9.59 Å². The number of carbonyl (C=O) groups excluding carboxylic acids is 2. The summed E-state index contributed by atoms with van der Waals surface area (Å²) in [4.78, 5) is 26.1. The van der Waals surface area contributed by atoms with Crippen LogP contribution in [0.15, 0.2) is 47.8 Å². The Morgan fingerprint density at radius 2 is 1.81 bits per heavy atom. The maximum atomic E-state index is 12.9. The van der Waals surface area contributed by atoms with Crippen LogP contribution in [-0.2, 0) is 11.2 Å². The second-order valence-corrected chi connectivity index (χ2v) is 8.28. The Kier molecular flexibility index (Phi) is 7.04. The highest BCUT2D eigenvalue weighted by molar-refractivity contribution is 7.12. The average molecular weight is 385 g/mol. The second kappa shape index (κ2) is 9.70. The van der Waals surface area contributed by atoms with Crippen LogP contribution < -0.4 is 10.6 Å². The van der Waals surface area contributed by atoms with E-state index in [1.807, 2.05) is 41.8 Å². The molecule has 5 heteroatoms. The molecule has 0 saturated heterocycles. The zero-order valence-corrected chi connectivity index (χ0v) is 16.6. The molecule has 144 valence electrons. The number of rotatable bonds is 7. The SMILES string of the molecule is CCC1CCC(NC(=O)C(Cc2ccccc2)NC(=O)c2cccs2)CC1. The summed E-state index contributed by atoms with van der Waals surface area (Å²) in [6, 6.07) is 13.1. The molecule has 1 aromatic carbocycles. The minimum Gasteiger partial charge on any atom is -0.352 e. The van der Waals surface area contributed by atoms with Gasteiger partial charge in [0.2, 0.25) is 5.91 Å². The lowest BCUT2D eigenvalue weighted by Gasteiger charge is -2.30. The molecule has 27 heavy (non-hydrogen) atoms. The molecular formula is C22H28N2O2S. The van der Waals surface area contributed by atoms with E-state index in [0.717, 1.165) is 24.3 Å². The van der Waals surface area contributed by atoms with Crippen molar-refractivity contribution in [3.8, 4) is 0 Å². The van der Waals surface area contributed by atoms with Crippen LogP contribution in [0.2, 0.25) is 0 Å². The maximum Gasteiger partial charge on any atom is 0.262 e. The summed E-state index contributed by atoms with van der Waals surface area (Å²) < 4.78 is 0. The molecule has 0 bridgehead atoms. The van der Waals surface area contributed by atoms with Crippen molar-refractivity contribution in [2.45, 2.75) is 57.5 Å². The van der Waals surface area contributed by atoms with Crippen molar-refractivity contribution in [1.82, 2.24) is 10.6 Å². The van der Waals surface area contributed by atoms with Crippen molar-refractivity contribution in [1.29, 1.82) is 0 Å². The minimum atomic E-state index is -0.564. The maximum absolute atomic E-state index is 12.9. The van der Waals surface area contributed by atoms with E-state index in [4.69, 9.17) is 0 Å². The zero-order valence-electron chi connectivity index (χ0n) is 15.8. The van der Waals surface area contributed by atoms with Gasteiger partial charge in [-0.3, -0.25) is 9.59 Å². The molecule has 0 radical (unpaired) electrons. The normalized spacial score (nSPS) is 20.6. The van der Waals surface area contributed by atoms with Gasteiger partial charge in [-0.2, -0.15) is 0 Å². The highest BCUT2D eigenvalue weighted by Gasteiger charge is 2.26. The fourth-order valence-electron chi connectivity index (χ4n) is 3.71. The van der Waals surface area contributed by atoms with Crippen molar-refractivity contribution in [2.24, 2.45) is 5.92 Å². The van der Waals surface area contributed by atoms with Gasteiger partial charge >= 0.3 is 0 Å². The zero-order chi connectivity index (χ0) is 19.1. The standard InChI is InChI=1S/C22H28N2O2S/c1-2-16-10-12-18(13-11-16)23-21(25)19(15-17-7-4-3-5-8-17)24-22(26)20-9-6-14-27-20/h3-9,14,16,18-19H,2,10-13,15H2,1H3,(H,23,25)(H,24,26). The van der Waals surface area contributed by atoms with Gasteiger partial charge in [0.1, 0.15) is 6.04 Å². The minimum absolute atomic E-state index is 0.0799. The van der Waals surface area contributed by atoms with Gasteiger partial charge in [-0.1, -0.05) is 49.7 Å². The van der Waals surface area contributed by atoms with Gasteiger partial charge in [0, 0.05) is 12.5 Å². The Bertz CT molecular complexity index is 722. The van der Waals surface area contributed by atoms with Gasteiger partial charge in [-0.15, -0.1) is 11.3 Å². The van der Waals surface area contributed by atoms with Gasteiger partial charge in [0.15, 0.2) is 0 Å². The first-order chi connectivity index (χ1) is 13.2. The number of hydrogen-bond donors (Lipinski definition) is 2. The van der Waals surface area contributed by atoms with E-state index in [-0.39, 0.29) is 17.9 Å². The van der Waals surface area contributed by atoms with Crippen LogP contribution in [0.5, 0.6) is 0 Å². The molecule has 1 heterocycles. The molecule has 0 aliphatic heterocycles. The Labute approximate surface area is 165 Å². The molecule has 1 unspecified atom stereocenters. The fraction of sp³-hybridized carbons (Fsp3) is 0.455. The summed E-state index contributed by atoms with van der Waals surface area (Å²) in [6.45, 7) is 2.24. The third kappa shape index (κ3) is 5.67. The van der Waals surface area contributed by atoms with Crippen molar-refractivity contribution >= 4 is 23.2 Å². The van der Waals surface area contributed by atoms with E-state index in [0.29, 0.717) is 11.3 Å². The van der Waals surface area contributed by atoms with Gasteiger partial charge in [0.05, 0.1) is 4.88 Å². The molecule has 1 saturated carbocycles. The van der Waals surface area contributed by atoms with Crippen molar-refractivity contribution in [3.63, 3.8) is 0 Å². The molecule has 1 fully saturated rings. The molecule has 1 aromatic heterocycles. The lowest BCUT2D eigenvalue weighted by Crippen LogP contribution is -2.51. The number of nitrogens with one attached hydrogen (secondary N) is 2. The molecule has 0 spiro atoms. The molecule has 4 nitrogen and oxygen atoms in total. The third-order valence-electron chi connectivity index (χ3n) is 5.42. The van der Waals surface area contributed by atoms with Gasteiger partial charge < -0.3 is 10.6 Å². The second-order valence-electron chi connectivity index (χ2n) is 7.33. The highest BCUT2D eigenvalue weighted by Crippen LogP contribution is 2.26. The summed E-state index contributed by atoms with van der Waals surface area (Å²) >= 11 is 1.39. The molecule has 2 N–H and O–H groups in total. The number of hydrogen-bond acceptors (Lipinski definition) is 3. The Morgan fingerprint density at radius 3 is 2.44 bits per heavy atom. The topological polar surface area (TPSA) is 58.2 Å². The van der Waals surface area contributed by atoms with Crippen LogP contribution in [0.1, 0.15) is 54.3 Å². The summed E-state index contributed by atoms with van der Waals surface area (Å²) in [5.74, 6) is 0.524. The first-order valence-electron chi connectivity index (χ1n) is 9.84. The lowest BCUT2D eigenvalue weighted by molar-refractivity contribution is -0.124. The van der Waals surface area contributed by atoms with Crippen molar-refractivity contribution < 1.29 is 9.59 Å². The van der Waals surface area contributed by atoms with Crippen LogP contribution in [0, 0.1) is 5.92 Å². The Hall–Kier alpha value is -2.14. The summed E-state index contributed by atoms with van der Waals surface area (Å²) in [5, 5.41) is 7.99. The molecule has 2 aromatic rings. The summed E-state index contributed by atoms with van der Waals surface area (Å²) in [6.07, 6.45) is 6.11. The van der Waals surface area contributed by atoms with Gasteiger partial charge in [0.25, 0.3) is 5.91 Å². The monoisotopic (exact) mass is 384 g/mol. The lowest BCUT2D eigenvalue weighted by atomic mass is 9.84. The number of amides is 2. The van der Waals surface area contributed by atoms with Crippen LogP contribution in [-0.4, -0.2) is 23.9 Å². The Balaban J connectivity index is 1.64. The molecular weight excluding hydrogens is 356 g/mol. The molecule has 3 rings (SSSR count). The van der Waals surface area contributed by atoms with E-state index in [1.165, 1.54) is 30.6 Å². The molecule has 1 aliphatic rings. The first kappa shape index (κ1) is 19.6. The highest BCUT2D eigenvalue weighted by atomic mass is 32.1. The number of carbonyl (C=O) groups is 2. The van der Waals surface area contributed by atoms with Crippen LogP contribution >= 0.6 is 11.3 Å². The van der Waals surface area contributed by atoms with Crippen LogP contribution in [0.25, 0.3) is 0 Å². The predicted molar refractivity (Wildman–Crippen MR) is 110 cm³/mol. The van der Waals surface area contributed by atoms with Gasteiger partial charge in [-0.25, -0.2) is 0 Å². The fourth-order valence-corrected chi connectivity index (χ4v) is 4.34. The van der Waals surface area contributed by atoms with E-state index in [1.54, 1.807) is 6.07 Å². The van der Waals surface area contributed by atoms with E-state index < -0.39 is 6.04 Å². The number of thiophene rings is 1. The van der Waals surface area contributed by atoms with Crippen LogP contribution in [0.3, 0.4) is 0 Å². The third-order valence-corrected chi connectivity index (χ3v) is 6.29.